The summed E-state index contributed by atoms with van der Waals surface area (Å²) in [6, 6.07) is 16.9. The Morgan fingerprint density at radius 3 is 2.14 bits per heavy atom. The summed E-state index contributed by atoms with van der Waals surface area (Å²) in [7, 11) is 0. The van der Waals surface area contributed by atoms with Crippen molar-refractivity contribution in [2.24, 2.45) is 0 Å². The maximum atomic E-state index is 12.7. The van der Waals surface area contributed by atoms with Crippen molar-refractivity contribution >= 4 is 17.3 Å². The van der Waals surface area contributed by atoms with Crippen molar-refractivity contribution in [1.29, 1.82) is 0 Å². The second-order valence-electron chi connectivity index (χ2n) is 5.62. The molecule has 0 bridgehead atoms. The number of nitrogens with one attached hydrogen (secondary N) is 1. The van der Waals surface area contributed by atoms with Crippen LogP contribution < -0.4 is 5.32 Å². The number of hydrogen-bond donors (Lipinski definition) is 1. The molecule has 1 aliphatic rings. The molecule has 0 unspecified atom stereocenters. The first-order chi connectivity index (χ1) is 10.6. The highest BCUT2D eigenvalue weighted by atomic mass is 16.2. The van der Waals surface area contributed by atoms with Crippen molar-refractivity contribution in [3.8, 4) is 0 Å². The molecule has 0 fully saturated rings. The summed E-state index contributed by atoms with van der Waals surface area (Å²) in [5.74, 6) is -0.511. The van der Waals surface area contributed by atoms with Crippen molar-refractivity contribution < 1.29 is 9.59 Å². The monoisotopic (exact) mass is 291 g/mol. The fourth-order valence-corrected chi connectivity index (χ4v) is 2.74. The predicted octanol–water partition coefficient (Wildman–Crippen LogP) is 3.21. The number of ketones is 1. The lowest BCUT2D eigenvalue weighted by molar-refractivity contribution is -0.117. The molecule has 3 nitrogen and oxygen atoms in total. The number of benzene rings is 2. The number of carbonyl (C=O) groups is 2. The third-order valence-corrected chi connectivity index (χ3v) is 3.63. The fourth-order valence-electron chi connectivity index (χ4n) is 2.74. The highest BCUT2D eigenvalue weighted by Crippen LogP contribution is 2.37. The molecular formula is C19H17NO2. The Morgan fingerprint density at radius 1 is 0.909 bits per heavy atom. The summed E-state index contributed by atoms with van der Waals surface area (Å²) in [6.45, 7) is 3.76. The van der Waals surface area contributed by atoms with E-state index < -0.39 is 0 Å². The Balaban J connectivity index is 2.21. The zero-order chi connectivity index (χ0) is 15.7. The van der Waals surface area contributed by atoms with Gasteiger partial charge in [-0.1, -0.05) is 54.6 Å². The van der Waals surface area contributed by atoms with Gasteiger partial charge in [-0.3, -0.25) is 9.59 Å². The largest absolute Gasteiger partial charge is 0.350 e. The zero-order valence-electron chi connectivity index (χ0n) is 12.6. The maximum Gasteiger partial charge on any atom is 0.256 e. The van der Waals surface area contributed by atoms with Crippen LogP contribution in [0.15, 0.2) is 60.2 Å². The number of rotatable bonds is 3. The van der Waals surface area contributed by atoms with Crippen LogP contribution in [0.2, 0.25) is 0 Å². The Labute approximate surface area is 129 Å². The molecule has 0 saturated heterocycles. The van der Waals surface area contributed by atoms with Crippen molar-refractivity contribution in [1.82, 2.24) is 5.32 Å². The first kappa shape index (κ1) is 14.3. The molecule has 2 aromatic carbocycles. The van der Waals surface area contributed by atoms with E-state index >= 15 is 0 Å². The van der Waals surface area contributed by atoms with Crippen LogP contribution in [0.25, 0.3) is 5.57 Å². The highest BCUT2D eigenvalue weighted by molar-refractivity contribution is 6.36. The van der Waals surface area contributed by atoms with Crippen LogP contribution in [-0.2, 0) is 4.79 Å². The minimum atomic E-state index is -0.310. The van der Waals surface area contributed by atoms with Crippen LogP contribution in [0.5, 0.6) is 0 Å². The molecule has 1 N–H and O–H groups in total. The van der Waals surface area contributed by atoms with Gasteiger partial charge in [0.25, 0.3) is 5.91 Å². The van der Waals surface area contributed by atoms with Gasteiger partial charge in [-0.15, -0.1) is 0 Å². The quantitative estimate of drug-likeness (QED) is 0.883. The van der Waals surface area contributed by atoms with E-state index in [4.69, 9.17) is 0 Å². The molecule has 0 heterocycles. The van der Waals surface area contributed by atoms with E-state index in [0.29, 0.717) is 5.56 Å². The van der Waals surface area contributed by atoms with Crippen LogP contribution in [0.1, 0.15) is 35.3 Å². The fraction of sp³-hybridized carbons (Fsp3) is 0.158. The van der Waals surface area contributed by atoms with E-state index in [-0.39, 0.29) is 23.3 Å². The molecule has 0 aromatic heterocycles. The molecule has 0 radical (unpaired) electrons. The van der Waals surface area contributed by atoms with E-state index in [1.54, 1.807) is 6.07 Å². The topological polar surface area (TPSA) is 46.2 Å². The van der Waals surface area contributed by atoms with Crippen LogP contribution in [0.4, 0.5) is 0 Å². The summed E-state index contributed by atoms with van der Waals surface area (Å²) in [4.78, 5) is 25.2. The molecule has 1 aliphatic carbocycles. The van der Waals surface area contributed by atoms with Crippen LogP contribution in [0, 0.1) is 0 Å². The van der Waals surface area contributed by atoms with Gasteiger partial charge in [0.1, 0.15) is 0 Å². The predicted molar refractivity (Wildman–Crippen MR) is 86.5 cm³/mol. The van der Waals surface area contributed by atoms with Crippen molar-refractivity contribution in [2.45, 2.75) is 19.9 Å². The molecule has 3 heteroatoms. The molecule has 110 valence electrons. The van der Waals surface area contributed by atoms with Crippen molar-refractivity contribution in [3.63, 3.8) is 0 Å². The lowest BCUT2D eigenvalue weighted by atomic mass is 9.97. The smallest absolute Gasteiger partial charge is 0.256 e. The normalized spacial score (nSPS) is 13.5. The first-order valence-corrected chi connectivity index (χ1v) is 7.34. The third kappa shape index (κ3) is 2.35. The SMILES string of the molecule is CC(C)NC(=O)C1=C(c2ccccc2)c2ccccc2C1=O. The zero-order valence-corrected chi connectivity index (χ0v) is 12.6. The molecule has 22 heavy (non-hydrogen) atoms. The summed E-state index contributed by atoms with van der Waals surface area (Å²) in [6.07, 6.45) is 0. The molecular weight excluding hydrogens is 274 g/mol. The van der Waals surface area contributed by atoms with Gasteiger partial charge >= 0.3 is 0 Å². The summed E-state index contributed by atoms with van der Waals surface area (Å²) in [5.41, 5.74) is 3.26. The first-order valence-electron chi connectivity index (χ1n) is 7.34. The lowest BCUT2D eigenvalue weighted by Gasteiger charge is -2.11. The molecule has 1 amide bonds. The lowest BCUT2D eigenvalue weighted by Crippen LogP contribution is -2.33. The summed E-state index contributed by atoms with van der Waals surface area (Å²) < 4.78 is 0. The minimum absolute atomic E-state index is 0.0199. The molecule has 2 aromatic rings. The van der Waals surface area contributed by atoms with Gasteiger partial charge in [-0.25, -0.2) is 0 Å². The van der Waals surface area contributed by atoms with Gasteiger partial charge in [-0.05, 0) is 25.0 Å². The summed E-state index contributed by atoms with van der Waals surface area (Å²) in [5, 5.41) is 2.83. The van der Waals surface area contributed by atoms with Gasteiger partial charge in [0.05, 0.1) is 5.57 Å². The van der Waals surface area contributed by atoms with E-state index in [1.165, 1.54) is 0 Å². The van der Waals surface area contributed by atoms with Gasteiger partial charge in [0, 0.05) is 17.2 Å². The second-order valence-corrected chi connectivity index (χ2v) is 5.62. The number of carbonyl (C=O) groups excluding carboxylic acids is 2. The van der Waals surface area contributed by atoms with Gasteiger partial charge < -0.3 is 5.32 Å². The average molecular weight is 291 g/mol. The third-order valence-electron chi connectivity index (χ3n) is 3.63. The molecule has 0 aliphatic heterocycles. The number of Topliss-reactive ketones (excluding diaryl/α,β-unsaturated/α-hetero) is 1. The van der Waals surface area contributed by atoms with E-state index in [2.05, 4.69) is 5.32 Å². The number of hydrogen-bond acceptors (Lipinski definition) is 2. The highest BCUT2D eigenvalue weighted by Gasteiger charge is 2.34. The Kier molecular flexibility index (Phi) is 3.63. The van der Waals surface area contributed by atoms with Crippen LogP contribution in [-0.4, -0.2) is 17.7 Å². The van der Waals surface area contributed by atoms with Gasteiger partial charge in [0.2, 0.25) is 0 Å². The van der Waals surface area contributed by atoms with E-state index in [0.717, 1.165) is 16.7 Å². The van der Waals surface area contributed by atoms with E-state index in [1.807, 2.05) is 62.4 Å². The molecule has 0 spiro atoms. The Bertz CT molecular complexity index is 773. The standard InChI is InChI=1S/C19H17NO2/c1-12(2)20-19(22)17-16(13-8-4-3-5-9-13)14-10-6-7-11-15(14)18(17)21/h3-12H,1-2H3,(H,20,22). The molecule has 0 atom stereocenters. The second kappa shape index (κ2) is 5.60. The van der Waals surface area contributed by atoms with Gasteiger partial charge in [0.15, 0.2) is 5.78 Å². The maximum absolute atomic E-state index is 12.7. The van der Waals surface area contributed by atoms with Crippen LogP contribution in [0.3, 0.4) is 0 Å². The minimum Gasteiger partial charge on any atom is -0.350 e. The number of fused-ring (bicyclic) bond motifs is 1. The Hall–Kier alpha value is -2.68. The van der Waals surface area contributed by atoms with Crippen molar-refractivity contribution in [3.05, 3.63) is 76.9 Å². The molecule has 3 rings (SSSR count). The molecule has 0 saturated carbocycles. The summed E-state index contributed by atoms with van der Waals surface area (Å²) >= 11 is 0. The Morgan fingerprint density at radius 2 is 1.50 bits per heavy atom. The van der Waals surface area contributed by atoms with Crippen LogP contribution >= 0.6 is 0 Å². The van der Waals surface area contributed by atoms with Crippen molar-refractivity contribution in [2.75, 3.05) is 0 Å². The van der Waals surface area contributed by atoms with Gasteiger partial charge in [-0.2, -0.15) is 0 Å². The van der Waals surface area contributed by atoms with E-state index in [9.17, 15) is 9.59 Å². The number of amides is 1. The average Bonchev–Trinajstić information content (AvgIpc) is 2.81.